The zero-order valence-electron chi connectivity index (χ0n) is 17.4. The number of nitrogens with one attached hydrogen (secondary N) is 1. The van der Waals surface area contributed by atoms with E-state index in [0.29, 0.717) is 22.6 Å². The monoisotopic (exact) mass is 394 g/mol. The zero-order chi connectivity index (χ0) is 20.8. The van der Waals surface area contributed by atoms with Gasteiger partial charge in [0.2, 0.25) is 0 Å². The predicted octanol–water partition coefficient (Wildman–Crippen LogP) is 4.80. The van der Waals surface area contributed by atoms with Crippen LogP contribution in [0.3, 0.4) is 0 Å². The summed E-state index contributed by atoms with van der Waals surface area (Å²) >= 11 is 0. The van der Waals surface area contributed by atoms with Crippen molar-refractivity contribution in [2.24, 2.45) is 0 Å². The zero-order valence-corrected chi connectivity index (χ0v) is 17.4. The summed E-state index contributed by atoms with van der Waals surface area (Å²) in [6.07, 6.45) is 0.964. The third kappa shape index (κ3) is 3.44. The summed E-state index contributed by atoms with van der Waals surface area (Å²) in [5.41, 5.74) is 4.24. The highest BCUT2D eigenvalue weighted by atomic mass is 19.1. The van der Waals surface area contributed by atoms with Crippen LogP contribution in [0.15, 0.2) is 36.4 Å². The molecule has 0 fully saturated rings. The Morgan fingerprint density at radius 3 is 2.55 bits per heavy atom. The van der Waals surface area contributed by atoms with E-state index in [1.807, 2.05) is 19.9 Å². The van der Waals surface area contributed by atoms with Gasteiger partial charge in [0.15, 0.2) is 0 Å². The Kier molecular flexibility index (Phi) is 4.95. The summed E-state index contributed by atoms with van der Waals surface area (Å²) in [6, 6.07) is 10.7. The van der Waals surface area contributed by atoms with E-state index in [4.69, 9.17) is 4.74 Å². The lowest BCUT2D eigenvalue weighted by molar-refractivity contribution is -0.110. The molecule has 2 aromatic rings. The van der Waals surface area contributed by atoms with Gasteiger partial charge >= 0.3 is 0 Å². The van der Waals surface area contributed by atoms with Gasteiger partial charge in [-0.1, -0.05) is 32.0 Å². The Hall–Kier alpha value is -2.66. The normalized spacial score (nSPS) is 19.2. The first-order valence-electron chi connectivity index (χ1n) is 10.2. The topological polar surface area (TPSA) is 41.6 Å². The van der Waals surface area contributed by atoms with Crippen molar-refractivity contribution in [1.82, 2.24) is 4.90 Å². The SMILES string of the molecule is CCN(CC)CCc1ccc2c(c1)C(C)(C)OC2=C1C(=O)Nc2ccc(F)cc21. The van der Waals surface area contributed by atoms with Crippen molar-refractivity contribution in [2.45, 2.75) is 39.7 Å². The molecule has 2 aliphatic rings. The van der Waals surface area contributed by atoms with E-state index < -0.39 is 5.60 Å². The van der Waals surface area contributed by atoms with Crippen LogP contribution in [-0.2, 0) is 21.6 Å². The number of benzene rings is 2. The van der Waals surface area contributed by atoms with Gasteiger partial charge in [-0.2, -0.15) is 0 Å². The van der Waals surface area contributed by atoms with E-state index in [2.05, 4.69) is 36.2 Å². The second-order valence-electron chi connectivity index (χ2n) is 8.12. The molecule has 2 heterocycles. The molecule has 0 radical (unpaired) electrons. The number of ether oxygens (including phenoxy) is 1. The Morgan fingerprint density at radius 1 is 1.07 bits per heavy atom. The first-order chi connectivity index (χ1) is 13.8. The van der Waals surface area contributed by atoms with Crippen molar-refractivity contribution in [3.8, 4) is 0 Å². The van der Waals surface area contributed by atoms with Gasteiger partial charge in [0.1, 0.15) is 17.2 Å². The second-order valence-corrected chi connectivity index (χ2v) is 8.12. The van der Waals surface area contributed by atoms with Gasteiger partial charge in [-0.05, 0) is 57.1 Å². The first-order valence-corrected chi connectivity index (χ1v) is 10.2. The summed E-state index contributed by atoms with van der Waals surface area (Å²) in [4.78, 5) is 15.1. The van der Waals surface area contributed by atoms with E-state index in [9.17, 15) is 9.18 Å². The standard InChI is InChI=1S/C24H27FN2O2/c1-5-27(6-2)12-11-15-7-9-17-19(13-15)24(3,4)29-22(17)21-18-14-16(25)8-10-20(18)26-23(21)28/h7-10,13-14H,5-6,11-12H2,1-4H3,(H,26,28). The van der Waals surface area contributed by atoms with Crippen molar-refractivity contribution in [3.63, 3.8) is 0 Å². The summed E-state index contributed by atoms with van der Waals surface area (Å²) < 4.78 is 20.1. The second kappa shape index (κ2) is 7.30. The Morgan fingerprint density at radius 2 is 1.83 bits per heavy atom. The van der Waals surface area contributed by atoms with Crippen molar-refractivity contribution in [2.75, 3.05) is 25.0 Å². The van der Waals surface area contributed by atoms with Crippen LogP contribution in [0.1, 0.15) is 49.9 Å². The van der Waals surface area contributed by atoms with Crippen LogP contribution in [0, 0.1) is 5.82 Å². The fraction of sp³-hybridized carbons (Fsp3) is 0.375. The number of nitrogens with zero attached hydrogens (tertiary/aromatic N) is 1. The van der Waals surface area contributed by atoms with Crippen LogP contribution in [0.5, 0.6) is 0 Å². The highest BCUT2D eigenvalue weighted by Gasteiger charge is 2.40. The summed E-state index contributed by atoms with van der Waals surface area (Å²) in [7, 11) is 0. The summed E-state index contributed by atoms with van der Waals surface area (Å²) in [5, 5.41) is 2.82. The molecule has 2 aromatic carbocycles. The van der Waals surface area contributed by atoms with Crippen LogP contribution in [0.25, 0.3) is 11.3 Å². The Balaban J connectivity index is 1.75. The van der Waals surface area contributed by atoms with E-state index >= 15 is 0 Å². The van der Waals surface area contributed by atoms with Crippen molar-refractivity contribution >= 4 is 22.9 Å². The van der Waals surface area contributed by atoms with Crippen molar-refractivity contribution in [3.05, 3.63) is 64.5 Å². The molecule has 5 heteroatoms. The average Bonchev–Trinajstić information content (AvgIpc) is 3.14. The van der Waals surface area contributed by atoms with E-state index in [-0.39, 0.29) is 11.7 Å². The molecular formula is C24H27FN2O2. The number of anilines is 1. The molecule has 4 rings (SSSR count). The molecular weight excluding hydrogens is 367 g/mol. The van der Waals surface area contributed by atoms with E-state index in [0.717, 1.165) is 37.2 Å². The molecule has 4 nitrogen and oxygen atoms in total. The number of likely N-dealkylation sites (N-methyl/N-ethyl adjacent to an activating group) is 1. The van der Waals surface area contributed by atoms with Gasteiger partial charge in [0.05, 0.1) is 5.57 Å². The molecule has 0 unspecified atom stereocenters. The van der Waals surface area contributed by atoms with Gasteiger partial charge in [0.25, 0.3) is 5.91 Å². The minimum Gasteiger partial charge on any atom is -0.482 e. The molecule has 0 spiro atoms. The quantitative estimate of drug-likeness (QED) is 0.741. The van der Waals surface area contributed by atoms with Gasteiger partial charge < -0.3 is 15.0 Å². The molecule has 1 amide bonds. The molecule has 0 saturated carbocycles. The molecule has 152 valence electrons. The van der Waals surface area contributed by atoms with Crippen LogP contribution < -0.4 is 5.32 Å². The van der Waals surface area contributed by atoms with Gasteiger partial charge in [-0.3, -0.25) is 4.79 Å². The fourth-order valence-electron chi connectivity index (χ4n) is 4.19. The summed E-state index contributed by atoms with van der Waals surface area (Å²) in [6.45, 7) is 11.5. The number of carbonyl (C=O) groups is 1. The summed E-state index contributed by atoms with van der Waals surface area (Å²) in [5.74, 6) is -0.0976. The van der Waals surface area contributed by atoms with Crippen LogP contribution in [0.4, 0.5) is 10.1 Å². The van der Waals surface area contributed by atoms with Crippen LogP contribution in [-0.4, -0.2) is 30.4 Å². The smallest absolute Gasteiger partial charge is 0.260 e. The lowest BCUT2D eigenvalue weighted by Gasteiger charge is -2.21. The molecule has 0 bridgehead atoms. The average molecular weight is 394 g/mol. The number of hydrogen-bond donors (Lipinski definition) is 1. The maximum Gasteiger partial charge on any atom is 0.260 e. The molecule has 1 N–H and O–H groups in total. The van der Waals surface area contributed by atoms with E-state index in [1.165, 1.54) is 17.7 Å². The number of rotatable bonds is 5. The van der Waals surface area contributed by atoms with Crippen molar-refractivity contribution < 1.29 is 13.9 Å². The van der Waals surface area contributed by atoms with Crippen molar-refractivity contribution in [1.29, 1.82) is 0 Å². The minimum absolute atomic E-state index is 0.255. The van der Waals surface area contributed by atoms with Gasteiger partial charge in [-0.25, -0.2) is 4.39 Å². The minimum atomic E-state index is -0.556. The first kappa shape index (κ1) is 19.6. The number of fused-ring (bicyclic) bond motifs is 2. The third-order valence-corrected chi connectivity index (χ3v) is 5.90. The van der Waals surface area contributed by atoms with Gasteiger partial charge in [-0.15, -0.1) is 0 Å². The molecule has 0 aromatic heterocycles. The molecule has 2 aliphatic heterocycles. The molecule has 29 heavy (non-hydrogen) atoms. The Bertz CT molecular complexity index is 1010. The third-order valence-electron chi connectivity index (χ3n) is 5.90. The lowest BCUT2D eigenvalue weighted by atomic mass is 9.91. The molecule has 0 atom stereocenters. The molecule has 0 saturated heterocycles. The highest BCUT2D eigenvalue weighted by molar-refractivity contribution is 6.36. The highest BCUT2D eigenvalue weighted by Crippen LogP contribution is 2.48. The maximum absolute atomic E-state index is 13.9. The maximum atomic E-state index is 13.9. The largest absolute Gasteiger partial charge is 0.482 e. The number of carbonyl (C=O) groups excluding carboxylic acids is 1. The predicted molar refractivity (Wildman–Crippen MR) is 114 cm³/mol. The number of halogens is 1. The Labute approximate surface area is 171 Å². The van der Waals surface area contributed by atoms with Crippen LogP contribution >= 0.6 is 0 Å². The fourth-order valence-corrected chi connectivity index (χ4v) is 4.19. The molecule has 0 aliphatic carbocycles. The van der Waals surface area contributed by atoms with E-state index in [1.54, 1.807) is 6.07 Å². The van der Waals surface area contributed by atoms with Gasteiger partial charge in [0, 0.05) is 28.9 Å². The number of hydrogen-bond acceptors (Lipinski definition) is 3. The number of amides is 1. The van der Waals surface area contributed by atoms with Crippen LogP contribution in [0.2, 0.25) is 0 Å². The lowest BCUT2D eigenvalue weighted by Crippen LogP contribution is -2.25.